The van der Waals surface area contributed by atoms with Gasteiger partial charge in [-0.05, 0) is 37.5 Å². The Morgan fingerprint density at radius 2 is 2.18 bits per heavy atom. The van der Waals surface area contributed by atoms with Crippen LogP contribution in [0.4, 0.5) is 0 Å². The van der Waals surface area contributed by atoms with E-state index in [-0.39, 0.29) is 6.10 Å². The van der Waals surface area contributed by atoms with Gasteiger partial charge in [0, 0.05) is 26.3 Å². The van der Waals surface area contributed by atoms with Crippen molar-refractivity contribution in [2.24, 2.45) is 11.8 Å². The van der Waals surface area contributed by atoms with Crippen LogP contribution in [-0.2, 0) is 9.47 Å². The molecule has 0 aromatic carbocycles. The number of hydrogen-bond donors (Lipinski definition) is 2. The summed E-state index contributed by atoms with van der Waals surface area (Å²) in [6, 6.07) is 0. The van der Waals surface area contributed by atoms with E-state index in [1.54, 1.807) is 0 Å². The predicted molar refractivity (Wildman–Crippen MR) is 66.0 cm³/mol. The average Bonchev–Trinajstić information content (AvgIpc) is 3.14. The normalized spacial score (nSPS) is 27.0. The Hall–Kier alpha value is -0.160. The fourth-order valence-electron chi connectivity index (χ4n) is 2.14. The topological polar surface area (TPSA) is 50.7 Å². The lowest BCUT2D eigenvalue weighted by Gasteiger charge is -2.23. The van der Waals surface area contributed by atoms with Crippen molar-refractivity contribution in [3.63, 3.8) is 0 Å². The summed E-state index contributed by atoms with van der Waals surface area (Å²) in [7, 11) is 0. The number of ether oxygens (including phenoxy) is 2. The molecular formula is C13H25NO3. The highest BCUT2D eigenvalue weighted by Crippen LogP contribution is 2.28. The van der Waals surface area contributed by atoms with E-state index in [1.165, 1.54) is 25.7 Å². The van der Waals surface area contributed by atoms with Crippen molar-refractivity contribution in [3.05, 3.63) is 0 Å². The summed E-state index contributed by atoms with van der Waals surface area (Å²) in [5.41, 5.74) is 0. The lowest BCUT2D eigenvalue weighted by Crippen LogP contribution is -2.35. The van der Waals surface area contributed by atoms with E-state index >= 15 is 0 Å². The zero-order valence-corrected chi connectivity index (χ0v) is 10.6. The monoisotopic (exact) mass is 243 g/mol. The standard InChI is InChI=1S/C13H25NO3/c15-13(10-17-8-11-3-4-11)7-14-6-12-2-1-5-16-9-12/h11-15H,1-10H2. The first-order valence-corrected chi connectivity index (χ1v) is 6.89. The number of nitrogens with one attached hydrogen (secondary N) is 1. The molecule has 1 heterocycles. The van der Waals surface area contributed by atoms with Gasteiger partial charge in [0.25, 0.3) is 0 Å². The molecule has 2 fully saturated rings. The molecule has 0 aromatic heterocycles. The van der Waals surface area contributed by atoms with Crippen molar-refractivity contribution in [1.82, 2.24) is 5.32 Å². The maximum Gasteiger partial charge on any atom is 0.0897 e. The second-order valence-corrected chi connectivity index (χ2v) is 5.38. The Morgan fingerprint density at radius 1 is 1.29 bits per heavy atom. The molecule has 0 spiro atoms. The molecule has 2 unspecified atom stereocenters. The molecule has 4 heteroatoms. The fourth-order valence-corrected chi connectivity index (χ4v) is 2.14. The zero-order valence-electron chi connectivity index (χ0n) is 10.6. The molecule has 0 amide bonds. The van der Waals surface area contributed by atoms with Gasteiger partial charge in [0.1, 0.15) is 0 Å². The van der Waals surface area contributed by atoms with E-state index in [2.05, 4.69) is 5.32 Å². The summed E-state index contributed by atoms with van der Waals surface area (Å²) in [4.78, 5) is 0. The van der Waals surface area contributed by atoms with E-state index in [1.807, 2.05) is 0 Å². The molecule has 0 radical (unpaired) electrons. The van der Waals surface area contributed by atoms with Crippen LogP contribution in [0.15, 0.2) is 0 Å². The van der Waals surface area contributed by atoms with Crippen LogP contribution >= 0.6 is 0 Å². The molecule has 17 heavy (non-hydrogen) atoms. The number of aliphatic hydroxyl groups excluding tert-OH is 1. The van der Waals surface area contributed by atoms with Gasteiger partial charge in [0.15, 0.2) is 0 Å². The molecule has 2 atom stereocenters. The van der Waals surface area contributed by atoms with E-state index in [0.717, 1.165) is 32.3 Å². The van der Waals surface area contributed by atoms with Crippen LogP contribution in [0.25, 0.3) is 0 Å². The van der Waals surface area contributed by atoms with E-state index in [9.17, 15) is 5.11 Å². The van der Waals surface area contributed by atoms with Crippen LogP contribution in [0.5, 0.6) is 0 Å². The highest BCUT2D eigenvalue weighted by atomic mass is 16.5. The molecule has 100 valence electrons. The predicted octanol–water partition coefficient (Wildman–Crippen LogP) is 0.790. The van der Waals surface area contributed by atoms with Crippen LogP contribution in [0.1, 0.15) is 25.7 Å². The lowest BCUT2D eigenvalue weighted by atomic mass is 10.0. The van der Waals surface area contributed by atoms with Gasteiger partial charge in [0.05, 0.1) is 19.3 Å². The molecule has 1 saturated heterocycles. The van der Waals surface area contributed by atoms with Crippen molar-refractivity contribution in [1.29, 1.82) is 0 Å². The largest absolute Gasteiger partial charge is 0.389 e. The number of rotatable bonds is 8. The minimum absolute atomic E-state index is 0.377. The van der Waals surface area contributed by atoms with Crippen LogP contribution < -0.4 is 5.32 Å². The molecular weight excluding hydrogens is 218 g/mol. The summed E-state index contributed by atoms with van der Waals surface area (Å²) in [6.45, 7) is 4.63. The molecule has 1 aliphatic heterocycles. The Morgan fingerprint density at radius 3 is 2.88 bits per heavy atom. The van der Waals surface area contributed by atoms with Crippen LogP contribution in [-0.4, -0.2) is 50.7 Å². The van der Waals surface area contributed by atoms with Gasteiger partial charge in [-0.3, -0.25) is 0 Å². The maximum atomic E-state index is 9.69. The SMILES string of the molecule is OC(CNCC1CCCOC1)COCC1CC1. The van der Waals surface area contributed by atoms with Crippen molar-refractivity contribution in [2.75, 3.05) is 39.5 Å². The van der Waals surface area contributed by atoms with Crippen molar-refractivity contribution < 1.29 is 14.6 Å². The number of aliphatic hydroxyl groups is 1. The first kappa shape index (κ1) is 13.3. The molecule has 2 aliphatic rings. The molecule has 1 saturated carbocycles. The molecule has 2 N–H and O–H groups in total. The maximum absolute atomic E-state index is 9.69. The quantitative estimate of drug-likeness (QED) is 0.662. The summed E-state index contributed by atoms with van der Waals surface area (Å²) < 4.78 is 10.9. The Kier molecular flexibility index (Phi) is 5.71. The van der Waals surface area contributed by atoms with E-state index < -0.39 is 0 Å². The van der Waals surface area contributed by atoms with Crippen LogP contribution in [0.2, 0.25) is 0 Å². The van der Waals surface area contributed by atoms with Crippen molar-refractivity contribution >= 4 is 0 Å². The highest BCUT2D eigenvalue weighted by molar-refractivity contribution is 4.72. The highest BCUT2D eigenvalue weighted by Gasteiger charge is 2.21. The molecule has 4 nitrogen and oxygen atoms in total. The van der Waals surface area contributed by atoms with Gasteiger partial charge in [-0.2, -0.15) is 0 Å². The lowest BCUT2D eigenvalue weighted by molar-refractivity contribution is 0.0281. The summed E-state index contributed by atoms with van der Waals surface area (Å²) in [6.07, 6.45) is 4.63. The number of hydrogen-bond acceptors (Lipinski definition) is 4. The minimum Gasteiger partial charge on any atom is -0.389 e. The summed E-state index contributed by atoms with van der Waals surface area (Å²) in [5, 5.41) is 13.0. The summed E-state index contributed by atoms with van der Waals surface area (Å²) >= 11 is 0. The van der Waals surface area contributed by atoms with Crippen LogP contribution in [0.3, 0.4) is 0 Å². The molecule has 2 rings (SSSR count). The Labute approximate surface area is 104 Å². The fraction of sp³-hybridized carbons (Fsp3) is 1.00. The van der Waals surface area contributed by atoms with Gasteiger partial charge >= 0.3 is 0 Å². The van der Waals surface area contributed by atoms with Gasteiger partial charge in [-0.15, -0.1) is 0 Å². The average molecular weight is 243 g/mol. The van der Waals surface area contributed by atoms with Gasteiger partial charge < -0.3 is 19.9 Å². The van der Waals surface area contributed by atoms with Crippen molar-refractivity contribution in [3.8, 4) is 0 Å². The summed E-state index contributed by atoms with van der Waals surface area (Å²) in [5.74, 6) is 1.39. The van der Waals surface area contributed by atoms with Gasteiger partial charge in [-0.1, -0.05) is 0 Å². The smallest absolute Gasteiger partial charge is 0.0897 e. The van der Waals surface area contributed by atoms with E-state index in [0.29, 0.717) is 19.1 Å². The Balaban J connectivity index is 1.42. The van der Waals surface area contributed by atoms with Gasteiger partial charge in [0.2, 0.25) is 0 Å². The third-order valence-electron chi connectivity index (χ3n) is 3.43. The molecule has 0 bridgehead atoms. The zero-order chi connectivity index (χ0) is 11.9. The first-order chi connectivity index (χ1) is 8.34. The minimum atomic E-state index is -0.377. The second kappa shape index (κ2) is 7.31. The first-order valence-electron chi connectivity index (χ1n) is 6.89. The van der Waals surface area contributed by atoms with Crippen molar-refractivity contribution in [2.45, 2.75) is 31.8 Å². The van der Waals surface area contributed by atoms with Crippen LogP contribution in [0, 0.1) is 11.8 Å². The Bertz CT molecular complexity index is 203. The molecule has 1 aliphatic carbocycles. The third kappa shape index (κ3) is 5.82. The van der Waals surface area contributed by atoms with Gasteiger partial charge in [-0.25, -0.2) is 0 Å². The molecule has 0 aromatic rings. The third-order valence-corrected chi connectivity index (χ3v) is 3.43. The second-order valence-electron chi connectivity index (χ2n) is 5.38. The van der Waals surface area contributed by atoms with E-state index in [4.69, 9.17) is 9.47 Å².